The molecule has 1 aliphatic carbocycles. The average molecular weight is 275 g/mol. The Bertz CT molecular complexity index is 682. The van der Waals surface area contributed by atoms with E-state index in [4.69, 9.17) is 0 Å². The van der Waals surface area contributed by atoms with E-state index < -0.39 is 10.0 Å². The summed E-state index contributed by atoms with van der Waals surface area (Å²) in [6, 6.07) is 6.59. The van der Waals surface area contributed by atoms with Crippen molar-refractivity contribution in [3.8, 4) is 0 Å². The molecule has 0 aromatic carbocycles. The third-order valence-electron chi connectivity index (χ3n) is 2.99. The van der Waals surface area contributed by atoms with Gasteiger partial charge in [-0.15, -0.1) is 0 Å². The van der Waals surface area contributed by atoms with Gasteiger partial charge in [0.2, 0.25) is 0 Å². The lowest BCUT2D eigenvalue weighted by Crippen LogP contribution is -2.14. The largest absolute Gasteiger partial charge is 0.278 e. The average Bonchev–Trinajstić information content (AvgIpc) is 3.24. The summed E-state index contributed by atoms with van der Waals surface area (Å²) in [7, 11) is -3.59. The number of aromatic nitrogens is 2. The molecular formula is C13H13N3O2S. The van der Waals surface area contributed by atoms with Crippen LogP contribution in [0.2, 0.25) is 0 Å². The van der Waals surface area contributed by atoms with E-state index in [2.05, 4.69) is 14.7 Å². The van der Waals surface area contributed by atoms with Gasteiger partial charge in [0.05, 0.1) is 11.4 Å². The Hall–Kier alpha value is -1.95. The molecule has 2 aromatic rings. The molecule has 1 N–H and O–H groups in total. The fourth-order valence-corrected chi connectivity index (χ4v) is 2.93. The maximum absolute atomic E-state index is 12.2. The van der Waals surface area contributed by atoms with Gasteiger partial charge in [0.15, 0.2) is 0 Å². The molecule has 0 bridgehead atoms. The molecule has 98 valence electrons. The van der Waals surface area contributed by atoms with Crippen LogP contribution in [0.5, 0.6) is 0 Å². The minimum atomic E-state index is -3.59. The van der Waals surface area contributed by atoms with Crippen molar-refractivity contribution in [1.29, 1.82) is 0 Å². The summed E-state index contributed by atoms with van der Waals surface area (Å²) in [5.74, 6) is 0.382. The first-order valence-electron chi connectivity index (χ1n) is 6.04. The Morgan fingerprint density at radius 3 is 2.63 bits per heavy atom. The minimum absolute atomic E-state index is 0.153. The summed E-state index contributed by atoms with van der Waals surface area (Å²) in [4.78, 5) is 8.26. The van der Waals surface area contributed by atoms with E-state index in [-0.39, 0.29) is 4.90 Å². The summed E-state index contributed by atoms with van der Waals surface area (Å²) in [5.41, 5.74) is 1.39. The zero-order valence-electron chi connectivity index (χ0n) is 10.2. The van der Waals surface area contributed by atoms with Gasteiger partial charge in [-0.2, -0.15) is 0 Å². The molecular weight excluding hydrogens is 262 g/mol. The number of rotatable bonds is 4. The summed E-state index contributed by atoms with van der Waals surface area (Å²) in [5, 5.41) is 0. The van der Waals surface area contributed by atoms with Crippen LogP contribution in [0.25, 0.3) is 0 Å². The van der Waals surface area contributed by atoms with Crippen molar-refractivity contribution < 1.29 is 8.42 Å². The lowest BCUT2D eigenvalue weighted by Gasteiger charge is -2.10. The Kier molecular flexibility index (Phi) is 2.94. The molecule has 5 nitrogen and oxygen atoms in total. The first kappa shape index (κ1) is 12.1. The van der Waals surface area contributed by atoms with Crippen molar-refractivity contribution in [2.45, 2.75) is 23.7 Å². The molecule has 0 radical (unpaired) electrons. The van der Waals surface area contributed by atoms with Crippen LogP contribution in [-0.4, -0.2) is 18.4 Å². The number of nitrogens with one attached hydrogen (secondary N) is 1. The molecule has 0 unspecified atom stereocenters. The first-order chi connectivity index (χ1) is 9.17. The second-order valence-electron chi connectivity index (χ2n) is 4.50. The van der Waals surface area contributed by atoms with E-state index in [9.17, 15) is 8.42 Å². The fourth-order valence-electron chi connectivity index (χ4n) is 1.90. The highest BCUT2D eigenvalue weighted by atomic mass is 32.2. The van der Waals surface area contributed by atoms with Crippen LogP contribution >= 0.6 is 0 Å². The number of nitrogens with zero attached hydrogens (tertiary/aromatic N) is 2. The highest BCUT2D eigenvalue weighted by Gasteiger charge is 2.28. The quantitative estimate of drug-likeness (QED) is 0.928. The third kappa shape index (κ3) is 2.58. The lowest BCUT2D eigenvalue weighted by atomic mass is 10.2. The van der Waals surface area contributed by atoms with Gasteiger partial charge in [0.25, 0.3) is 10.0 Å². The molecule has 2 heterocycles. The van der Waals surface area contributed by atoms with E-state index in [1.54, 1.807) is 30.6 Å². The number of hydrogen-bond donors (Lipinski definition) is 1. The van der Waals surface area contributed by atoms with Crippen molar-refractivity contribution in [2.24, 2.45) is 0 Å². The van der Waals surface area contributed by atoms with Crippen LogP contribution in [-0.2, 0) is 10.0 Å². The van der Waals surface area contributed by atoms with Crippen LogP contribution in [0.4, 0.5) is 5.69 Å². The Balaban J connectivity index is 1.93. The molecule has 0 atom stereocenters. The van der Waals surface area contributed by atoms with Gasteiger partial charge in [0, 0.05) is 24.5 Å². The van der Waals surface area contributed by atoms with Crippen molar-refractivity contribution in [2.75, 3.05) is 4.72 Å². The first-order valence-corrected chi connectivity index (χ1v) is 7.53. The summed E-state index contributed by atoms with van der Waals surface area (Å²) in [6.45, 7) is 0. The molecule has 6 heteroatoms. The summed E-state index contributed by atoms with van der Waals surface area (Å²) >= 11 is 0. The Morgan fingerprint density at radius 1 is 1.16 bits per heavy atom. The Labute approximate surface area is 111 Å². The molecule has 0 amide bonds. The molecule has 1 fully saturated rings. The predicted octanol–water partition coefficient (Wildman–Crippen LogP) is 2.15. The second-order valence-corrected chi connectivity index (χ2v) is 6.19. The highest BCUT2D eigenvalue weighted by Crippen LogP contribution is 2.42. The molecule has 3 rings (SSSR count). The molecule has 1 saturated carbocycles. The number of hydrogen-bond acceptors (Lipinski definition) is 4. The lowest BCUT2D eigenvalue weighted by molar-refractivity contribution is 0.600. The smallest absolute Gasteiger partial charge is 0.263 e. The van der Waals surface area contributed by atoms with Crippen molar-refractivity contribution >= 4 is 15.7 Å². The standard InChI is InChI=1S/C13H13N3O2S/c17-19(18,11-3-1-7-14-9-11)16-12-4-2-8-15-13(12)10-5-6-10/h1-4,7-10,16H,5-6H2. The molecule has 0 aliphatic heterocycles. The van der Waals surface area contributed by atoms with Crippen molar-refractivity contribution in [3.63, 3.8) is 0 Å². The maximum atomic E-state index is 12.2. The van der Waals surface area contributed by atoms with Gasteiger partial charge in [-0.25, -0.2) is 8.42 Å². The molecule has 0 saturated heterocycles. The van der Waals surface area contributed by atoms with E-state index in [1.165, 1.54) is 12.3 Å². The number of anilines is 1. The van der Waals surface area contributed by atoms with Crippen LogP contribution in [0.15, 0.2) is 47.8 Å². The monoisotopic (exact) mass is 275 g/mol. The van der Waals surface area contributed by atoms with Gasteiger partial charge in [0.1, 0.15) is 4.90 Å². The zero-order chi connectivity index (χ0) is 13.3. The van der Waals surface area contributed by atoms with Crippen LogP contribution in [0.3, 0.4) is 0 Å². The van der Waals surface area contributed by atoms with E-state index in [0.29, 0.717) is 11.6 Å². The van der Waals surface area contributed by atoms with Gasteiger partial charge in [-0.1, -0.05) is 0 Å². The normalized spacial score (nSPS) is 15.2. The van der Waals surface area contributed by atoms with Gasteiger partial charge < -0.3 is 0 Å². The topological polar surface area (TPSA) is 72.0 Å². The second kappa shape index (κ2) is 4.62. The number of pyridine rings is 2. The summed E-state index contributed by atoms with van der Waals surface area (Å²) in [6.07, 6.45) is 6.70. The molecule has 1 aliphatic rings. The highest BCUT2D eigenvalue weighted by molar-refractivity contribution is 7.92. The predicted molar refractivity (Wildman–Crippen MR) is 71.3 cm³/mol. The molecule has 2 aromatic heterocycles. The minimum Gasteiger partial charge on any atom is -0.278 e. The van der Waals surface area contributed by atoms with Gasteiger partial charge in [-0.3, -0.25) is 14.7 Å². The molecule has 19 heavy (non-hydrogen) atoms. The van der Waals surface area contributed by atoms with E-state index in [1.807, 2.05) is 0 Å². The zero-order valence-corrected chi connectivity index (χ0v) is 11.0. The summed E-state index contributed by atoms with van der Waals surface area (Å²) < 4.78 is 27.0. The van der Waals surface area contributed by atoms with Gasteiger partial charge >= 0.3 is 0 Å². The SMILES string of the molecule is O=S(=O)(Nc1cccnc1C1CC1)c1cccnc1. The van der Waals surface area contributed by atoms with E-state index >= 15 is 0 Å². The van der Waals surface area contributed by atoms with Gasteiger partial charge in [-0.05, 0) is 37.1 Å². The van der Waals surface area contributed by atoms with Crippen LogP contribution < -0.4 is 4.72 Å². The van der Waals surface area contributed by atoms with Crippen LogP contribution in [0, 0.1) is 0 Å². The third-order valence-corrected chi connectivity index (χ3v) is 4.34. The number of sulfonamides is 1. The van der Waals surface area contributed by atoms with Crippen LogP contribution in [0.1, 0.15) is 24.5 Å². The van der Waals surface area contributed by atoms with Crippen molar-refractivity contribution in [1.82, 2.24) is 9.97 Å². The van der Waals surface area contributed by atoms with E-state index in [0.717, 1.165) is 18.5 Å². The Morgan fingerprint density at radius 2 is 1.95 bits per heavy atom. The fraction of sp³-hybridized carbons (Fsp3) is 0.231. The molecule has 0 spiro atoms. The maximum Gasteiger partial charge on any atom is 0.263 e. The van der Waals surface area contributed by atoms with Crippen molar-refractivity contribution in [3.05, 3.63) is 48.5 Å².